The van der Waals surface area contributed by atoms with Gasteiger partial charge in [0, 0.05) is 23.7 Å². The van der Waals surface area contributed by atoms with Gasteiger partial charge in [-0.25, -0.2) is 4.79 Å². The molecule has 1 unspecified atom stereocenters. The largest absolute Gasteiger partial charge is 0.489 e. The van der Waals surface area contributed by atoms with Gasteiger partial charge < -0.3 is 20.1 Å². The van der Waals surface area contributed by atoms with Crippen molar-refractivity contribution in [2.75, 3.05) is 18.1 Å². The van der Waals surface area contributed by atoms with Crippen molar-refractivity contribution in [1.82, 2.24) is 15.5 Å². The molecular weight excluding hydrogens is 468 g/mol. The highest BCUT2D eigenvalue weighted by Crippen LogP contribution is 2.26. The molecule has 0 aliphatic rings. The third-order valence-corrected chi connectivity index (χ3v) is 5.34. The zero-order valence-electron chi connectivity index (χ0n) is 19.6. The van der Waals surface area contributed by atoms with Crippen LogP contribution in [0.25, 0.3) is 0 Å². The number of nitrogens with one attached hydrogen (secondary N) is 1. The Bertz CT molecular complexity index is 1190. The molecule has 182 valence electrons. The van der Waals surface area contributed by atoms with Crippen molar-refractivity contribution in [3.05, 3.63) is 94.7 Å². The number of carboxylic acid groups (broad SMARTS) is 1. The molecule has 0 saturated heterocycles. The van der Waals surface area contributed by atoms with Crippen LogP contribution in [0.3, 0.4) is 0 Å². The third kappa shape index (κ3) is 7.04. The summed E-state index contributed by atoms with van der Waals surface area (Å²) >= 11 is 6.21. The standard InChI is InChI=1S/C26H27ClN4O4/c1-4-31(15-19-14-20(27)10-12-22(19)35-16-17(2)3)23-13-11-21(29-30-23)25(32)28-24(26(33)34)18-8-6-5-7-9-18/h5-14,24H,2,4,15-16H2,1,3H3,(H,28,32)(H,33,34). The molecule has 0 radical (unpaired) electrons. The van der Waals surface area contributed by atoms with Crippen LogP contribution in [-0.2, 0) is 11.3 Å². The number of benzene rings is 2. The fraction of sp³-hybridized carbons (Fsp3) is 0.231. The summed E-state index contributed by atoms with van der Waals surface area (Å²) in [5, 5.41) is 20.8. The molecule has 1 atom stereocenters. The van der Waals surface area contributed by atoms with Crippen molar-refractivity contribution in [2.24, 2.45) is 0 Å². The Labute approximate surface area is 209 Å². The number of rotatable bonds is 11. The van der Waals surface area contributed by atoms with Gasteiger partial charge in [0.05, 0.1) is 0 Å². The monoisotopic (exact) mass is 494 g/mol. The molecule has 2 N–H and O–H groups in total. The van der Waals surface area contributed by atoms with E-state index < -0.39 is 17.9 Å². The first-order chi connectivity index (χ1) is 16.8. The first-order valence-corrected chi connectivity index (χ1v) is 11.4. The van der Waals surface area contributed by atoms with Gasteiger partial charge in [-0.2, -0.15) is 0 Å². The van der Waals surface area contributed by atoms with E-state index in [0.717, 1.165) is 11.1 Å². The van der Waals surface area contributed by atoms with Crippen LogP contribution in [0.15, 0.2) is 72.8 Å². The second-order valence-electron chi connectivity index (χ2n) is 7.94. The number of carbonyl (C=O) groups is 2. The number of aromatic nitrogens is 2. The molecule has 1 heterocycles. The van der Waals surface area contributed by atoms with Crippen LogP contribution in [0.1, 0.15) is 41.5 Å². The molecule has 0 aliphatic heterocycles. The van der Waals surface area contributed by atoms with E-state index in [0.29, 0.717) is 41.8 Å². The van der Waals surface area contributed by atoms with Gasteiger partial charge in [0.25, 0.3) is 5.91 Å². The molecule has 0 saturated carbocycles. The minimum Gasteiger partial charge on any atom is -0.489 e. The molecule has 0 aliphatic carbocycles. The fourth-order valence-corrected chi connectivity index (χ4v) is 3.52. The van der Waals surface area contributed by atoms with Crippen LogP contribution in [0.4, 0.5) is 5.82 Å². The summed E-state index contributed by atoms with van der Waals surface area (Å²) in [4.78, 5) is 26.3. The minimum atomic E-state index is -1.20. The van der Waals surface area contributed by atoms with Gasteiger partial charge in [-0.3, -0.25) is 4.79 Å². The van der Waals surface area contributed by atoms with Gasteiger partial charge in [-0.15, -0.1) is 10.2 Å². The smallest absolute Gasteiger partial charge is 0.330 e. The van der Waals surface area contributed by atoms with Crippen LogP contribution in [0.5, 0.6) is 5.75 Å². The van der Waals surface area contributed by atoms with Crippen LogP contribution in [-0.4, -0.2) is 40.3 Å². The maximum atomic E-state index is 12.7. The number of carboxylic acids is 1. The molecule has 35 heavy (non-hydrogen) atoms. The van der Waals surface area contributed by atoms with Gasteiger partial charge >= 0.3 is 5.97 Å². The average Bonchev–Trinajstić information content (AvgIpc) is 2.85. The molecule has 2 aromatic carbocycles. The Morgan fingerprint density at radius 3 is 2.49 bits per heavy atom. The Balaban J connectivity index is 1.75. The summed E-state index contributed by atoms with van der Waals surface area (Å²) in [6, 6.07) is 15.9. The number of nitrogens with zero attached hydrogens (tertiary/aromatic N) is 3. The number of carbonyl (C=O) groups excluding carboxylic acids is 1. The van der Waals surface area contributed by atoms with Gasteiger partial charge in [-0.1, -0.05) is 48.5 Å². The quantitative estimate of drug-likeness (QED) is 0.373. The number of ether oxygens (including phenoxy) is 1. The molecule has 0 fully saturated rings. The Kier molecular flexibility index (Phi) is 8.80. The van der Waals surface area contributed by atoms with Gasteiger partial charge in [0.15, 0.2) is 17.6 Å². The van der Waals surface area contributed by atoms with E-state index in [2.05, 4.69) is 22.1 Å². The molecule has 0 spiro atoms. The number of amides is 1. The Hall–Kier alpha value is -3.91. The summed E-state index contributed by atoms with van der Waals surface area (Å²) in [7, 11) is 0. The molecule has 3 aromatic rings. The molecule has 3 rings (SSSR count). The van der Waals surface area contributed by atoms with E-state index in [9.17, 15) is 14.7 Å². The van der Waals surface area contributed by atoms with Crippen molar-refractivity contribution < 1.29 is 19.4 Å². The van der Waals surface area contributed by atoms with Crippen molar-refractivity contribution in [1.29, 1.82) is 0 Å². The van der Waals surface area contributed by atoms with E-state index in [1.54, 1.807) is 42.5 Å². The van der Waals surface area contributed by atoms with E-state index in [-0.39, 0.29) is 5.69 Å². The SMILES string of the molecule is C=C(C)COc1ccc(Cl)cc1CN(CC)c1ccc(C(=O)NC(C(=O)O)c2ccccc2)nn1. The average molecular weight is 495 g/mol. The summed E-state index contributed by atoms with van der Waals surface area (Å²) in [5.74, 6) is -0.556. The van der Waals surface area contributed by atoms with E-state index in [1.807, 2.05) is 30.9 Å². The van der Waals surface area contributed by atoms with E-state index in [4.69, 9.17) is 16.3 Å². The van der Waals surface area contributed by atoms with Crippen molar-refractivity contribution in [2.45, 2.75) is 26.4 Å². The third-order valence-electron chi connectivity index (χ3n) is 5.10. The second kappa shape index (κ2) is 12.0. The number of hydrogen-bond acceptors (Lipinski definition) is 6. The van der Waals surface area contributed by atoms with Crippen molar-refractivity contribution >= 4 is 29.3 Å². The predicted octanol–water partition coefficient (Wildman–Crippen LogP) is 4.67. The number of hydrogen-bond donors (Lipinski definition) is 2. The lowest BCUT2D eigenvalue weighted by Crippen LogP contribution is -2.34. The number of halogens is 1. The van der Waals surface area contributed by atoms with E-state index >= 15 is 0 Å². The van der Waals surface area contributed by atoms with Crippen molar-refractivity contribution in [3.8, 4) is 5.75 Å². The second-order valence-corrected chi connectivity index (χ2v) is 8.38. The highest BCUT2D eigenvalue weighted by Gasteiger charge is 2.23. The predicted molar refractivity (Wildman–Crippen MR) is 135 cm³/mol. The highest BCUT2D eigenvalue weighted by atomic mass is 35.5. The Morgan fingerprint density at radius 1 is 1.14 bits per heavy atom. The minimum absolute atomic E-state index is 0.0141. The zero-order valence-corrected chi connectivity index (χ0v) is 20.3. The molecule has 1 amide bonds. The molecular formula is C26H27ClN4O4. The van der Waals surface area contributed by atoms with E-state index in [1.165, 1.54) is 6.07 Å². The van der Waals surface area contributed by atoms with Gasteiger partial charge in [0.1, 0.15) is 12.4 Å². The van der Waals surface area contributed by atoms with Crippen LogP contribution < -0.4 is 15.0 Å². The van der Waals surface area contributed by atoms with Crippen LogP contribution >= 0.6 is 11.6 Å². The summed E-state index contributed by atoms with van der Waals surface area (Å²) in [5.41, 5.74) is 2.24. The molecule has 9 heteroatoms. The van der Waals surface area contributed by atoms with Crippen LogP contribution in [0, 0.1) is 0 Å². The maximum absolute atomic E-state index is 12.7. The Morgan fingerprint density at radius 2 is 1.89 bits per heavy atom. The molecule has 0 bridgehead atoms. The normalized spacial score (nSPS) is 11.4. The molecule has 8 nitrogen and oxygen atoms in total. The lowest BCUT2D eigenvalue weighted by atomic mass is 10.1. The van der Waals surface area contributed by atoms with Crippen LogP contribution in [0.2, 0.25) is 5.02 Å². The summed E-state index contributed by atoms with van der Waals surface area (Å²) in [6.07, 6.45) is 0. The topological polar surface area (TPSA) is 105 Å². The lowest BCUT2D eigenvalue weighted by molar-refractivity contribution is -0.139. The maximum Gasteiger partial charge on any atom is 0.330 e. The first-order valence-electron chi connectivity index (χ1n) is 11.0. The van der Waals surface area contributed by atoms with Gasteiger partial charge in [-0.05, 0) is 55.3 Å². The first kappa shape index (κ1) is 25.7. The van der Waals surface area contributed by atoms with Crippen molar-refractivity contribution in [3.63, 3.8) is 0 Å². The number of anilines is 1. The zero-order chi connectivity index (χ0) is 25.4. The van der Waals surface area contributed by atoms with Gasteiger partial charge in [0.2, 0.25) is 0 Å². The summed E-state index contributed by atoms with van der Waals surface area (Å²) in [6.45, 7) is 9.19. The number of aliphatic carboxylic acids is 1. The fourth-order valence-electron chi connectivity index (χ4n) is 3.33. The lowest BCUT2D eigenvalue weighted by Gasteiger charge is -2.23. The summed E-state index contributed by atoms with van der Waals surface area (Å²) < 4.78 is 5.86. The highest BCUT2D eigenvalue weighted by molar-refractivity contribution is 6.30. The molecule has 1 aromatic heterocycles.